The SMILES string of the molecule is CC1CCc2ncc(F)cc2[C@@H]2C[C@@H](F)CN2c2ccn3nc(N)c(c3n2)C(=O)N1. The van der Waals surface area contributed by atoms with Crippen molar-refractivity contribution in [2.24, 2.45) is 0 Å². The molecule has 0 aliphatic carbocycles. The number of amides is 1. The zero-order valence-corrected chi connectivity index (χ0v) is 16.3. The Labute approximate surface area is 171 Å². The van der Waals surface area contributed by atoms with Gasteiger partial charge in [0.2, 0.25) is 0 Å². The van der Waals surface area contributed by atoms with E-state index in [-0.39, 0.29) is 36.3 Å². The fraction of sp³-hybridized carbons (Fsp3) is 0.400. The van der Waals surface area contributed by atoms with Gasteiger partial charge >= 0.3 is 0 Å². The lowest BCUT2D eigenvalue weighted by Crippen LogP contribution is -2.33. The Hall–Kier alpha value is -3.30. The van der Waals surface area contributed by atoms with Crippen molar-refractivity contribution in [2.45, 2.75) is 44.4 Å². The van der Waals surface area contributed by atoms with Crippen LogP contribution in [0.15, 0.2) is 24.5 Å². The third kappa shape index (κ3) is 3.03. The van der Waals surface area contributed by atoms with Crippen molar-refractivity contribution in [3.63, 3.8) is 0 Å². The van der Waals surface area contributed by atoms with Crippen LogP contribution in [0.3, 0.4) is 0 Å². The quantitative estimate of drug-likeness (QED) is 0.586. The Kier molecular flexibility index (Phi) is 4.30. The number of carbonyl (C=O) groups is 1. The summed E-state index contributed by atoms with van der Waals surface area (Å²) in [4.78, 5) is 23.6. The zero-order chi connectivity index (χ0) is 21.0. The summed E-state index contributed by atoms with van der Waals surface area (Å²) in [7, 11) is 0. The average molecular weight is 413 g/mol. The molecule has 2 aliphatic heterocycles. The lowest BCUT2D eigenvalue weighted by Gasteiger charge is -2.27. The summed E-state index contributed by atoms with van der Waals surface area (Å²) >= 11 is 0. The number of aromatic nitrogens is 4. The molecule has 0 spiro atoms. The van der Waals surface area contributed by atoms with Crippen LogP contribution in [0, 0.1) is 5.82 Å². The van der Waals surface area contributed by atoms with E-state index in [9.17, 15) is 13.6 Å². The third-order valence-corrected chi connectivity index (χ3v) is 5.79. The summed E-state index contributed by atoms with van der Waals surface area (Å²) in [5.41, 5.74) is 7.84. The van der Waals surface area contributed by atoms with Crippen LogP contribution in [0.25, 0.3) is 5.65 Å². The first-order valence-corrected chi connectivity index (χ1v) is 9.91. The normalized spacial score (nSPS) is 24.0. The second-order valence-electron chi connectivity index (χ2n) is 7.92. The molecule has 2 bridgehead atoms. The number of fused-ring (bicyclic) bond motifs is 5. The topological polar surface area (TPSA) is 101 Å². The molecular weight excluding hydrogens is 392 g/mol. The monoisotopic (exact) mass is 413 g/mol. The van der Waals surface area contributed by atoms with Crippen molar-refractivity contribution in [2.75, 3.05) is 17.2 Å². The molecule has 1 amide bonds. The van der Waals surface area contributed by atoms with Crippen molar-refractivity contribution in [3.05, 3.63) is 47.2 Å². The van der Waals surface area contributed by atoms with E-state index >= 15 is 0 Å². The van der Waals surface area contributed by atoms with Crippen LogP contribution in [0.2, 0.25) is 0 Å². The number of halogens is 2. The minimum absolute atomic E-state index is 0.0765. The number of nitrogen functional groups attached to an aromatic ring is 1. The van der Waals surface area contributed by atoms with Gasteiger partial charge in [-0.25, -0.2) is 18.3 Å². The second-order valence-corrected chi connectivity index (χ2v) is 7.92. The van der Waals surface area contributed by atoms with Crippen molar-refractivity contribution in [1.82, 2.24) is 24.9 Å². The number of nitrogens with one attached hydrogen (secondary N) is 1. The van der Waals surface area contributed by atoms with Gasteiger partial charge in [-0.15, -0.1) is 5.10 Å². The summed E-state index contributed by atoms with van der Waals surface area (Å²) in [5, 5.41) is 7.10. The third-order valence-electron chi connectivity index (χ3n) is 5.79. The molecule has 0 aromatic carbocycles. The number of hydrogen-bond acceptors (Lipinski definition) is 6. The minimum atomic E-state index is -1.09. The Morgan fingerprint density at radius 1 is 1.37 bits per heavy atom. The summed E-state index contributed by atoms with van der Waals surface area (Å²) < 4.78 is 30.1. The first-order chi connectivity index (χ1) is 14.4. The lowest BCUT2D eigenvalue weighted by atomic mass is 9.98. The molecule has 30 heavy (non-hydrogen) atoms. The Morgan fingerprint density at radius 2 is 2.20 bits per heavy atom. The molecule has 2 aliphatic rings. The van der Waals surface area contributed by atoms with E-state index in [4.69, 9.17) is 5.73 Å². The number of nitrogens with two attached hydrogens (primary N) is 1. The van der Waals surface area contributed by atoms with E-state index in [0.717, 1.165) is 0 Å². The first-order valence-electron chi connectivity index (χ1n) is 9.91. The van der Waals surface area contributed by atoms with Gasteiger partial charge in [0.15, 0.2) is 11.5 Å². The smallest absolute Gasteiger partial charge is 0.259 e. The number of pyridine rings is 1. The number of aryl methyl sites for hydroxylation is 1. The number of anilines is 2. The van der Waals surface area contributed by atoms with Crippen LogP contribution in [0.4, 0.5) is 20.4 Å². The number of rotatable bonds is 0. The van der Waals surface area contributed by atoms with E-state index in [1.807, 2.05) is 6.92 Å². The van der Waals surface area contributed by atoms with Crippen LogP contribution in [-0.4, -0.2) is 44.2 Å². The molecule has 10 heteroatoms. The molecule has 0 radical (unpaired) electrons. The molecule has 3 aromatic heterocycles. The van der Waals surface area contributed by atoms with E-state index in [2.05, 4.69) is 20.4 Å². The maximum atomic E-state index is 14.5. The van der Waals surface area contributed by atoms with Crippen LogP contribution in [0.1, 0.15) is 47.4 Å². The van der Waals surface area contributed by atoms with Crippen molar-refractivity contribution >= 4 is 23.2 Å². The van der Waals surface area contributed by atoms with Gasteiger partial charge in [0.25, 0.3) is 5.91 Å². The van der Waals surface area contributed by atoms with Gasteiger partial charge in [0, 0.05) is 24.4 Å². The Balaban J connectivity index is 1.72. The van der Waals surface area contributed by atoms with E-state index in [1.165, 1.54) is 16.8 Å². The molecule has 0 saturated carbocycles. The Morgan fingerprint density at radius 3 is 3.03 bits per heavy atom. The van der Waals surface area contributed by atoms with Gasteiger partial charge < -0.3 is 16.0 Å². The molecule has 1 fully saturated rings. The zero-order valence-electron chi connectivity index (χ0n) is 16.3. The molecule has 3 aromatic rings. The average Bonchev–Trinajstić information content (AvgIpc) is 3.24. The maximum Gasteiger partial charge on any atom is 0.259 e. The highest BCUT2D eigenvalue weighted by Gasteiger charge is 2.36. The molecule has 8 nitrogen and oxygen atoms in total. The maximum absolute atomic E-state index is 14.5. The van der Waals surface area contributed by atoms with E-state index in [1.54, 1.807) is 17.2 Å². The van der Waals surface area contributed by atoms with Crippen LogP contribution in [0.5, 0.6) is 0 Å². The lowest BCUT2D eigenvalue weighted by molar-refractivity contribution is 0.0940. The fourth-order valence-electron chi connectivity index (χ4n) is 4.35. The minimum Gasteiger partial charge on any atom is -0.381 e. The predicted octanol–water partition coefficient (Wildman–Crippen LogP) is 2.20. The highest BCUT2D eigenvalue weighted by molar-refractivity contribution is 6.04. The van der Waals surface area contributed by atoms with Crippen LogP contribution in [-0.2, 0) is 6.42 Å². The molecule has 5 rings (SSSR count). The van der Waals surface area contributed by atoms with E-state index < -0.39 is 18.0 Å². The standard InChI is InChI=1S/C20H21F2N7O/c1-10-2-3-14-13(6-11(21)8-24-14)15-7-12(22)9-28(15)16-4-5-29-19(26-16)17(18(23)27-29)20(30)25-10/h4-6,8,10,12,15H,2-3,7,9H2,1H3,(H2,23,27)(H,25,30)/t10?,12-,15+/m1/s1. The van der Waals surface area contributed by atoms with E-state index in [0.29, 0.717) is 35.6 Å². The van der Waals surface area contributed by atoms with Gasteiger partial charge in [-0.1, -0.05) is 0 Å². The van der Waals surface area contributed by atoms with Gasteiger partial charge in [-0.05, 0) is 37.5 Å². The predicted molar refractivity (Wildman–Crippen MR) is 106 cm³/mol. The van der Waals surface area contributed by atoms with Crippen molar-refractivity contribution < 1.29 is 13.6 Å². The molecule has 3 atom stereocenters. The molecule has 1 unspecified atom stereocenters. The number of nitrogens with zero attached hydrogens (tertiary/aromatic N) is 5. The Bertz CT molecular complexity index is 1150. The van der Waals surface area contributed by atoms with Crippen molar-refractivity contribution in [1.29, 1.82) is 0 Å². The van der Waals surface area contributed by atoms with Crippen molar-refractivity contribution in [3.8, 4) is 0 Å². The first kappa shape index (κ1) is 18.7. The second kappa shape index (κ2) is 6.89. The molecular formula is C20H21F2N7O. The van der Waals surface area contributed by atoms with Gasteiger partial charge in [0.1, 0.15) is 23.4 Å². The molecule has 1 saturated heterocycles. The number of carbonyl (C=O) groups excluding carboxylic acids is 1. The van der Waals surface area contributed by atoms with Gasteiger partial charge in [-0.2, -0.15) is 0 Å². The summed E-state index contributed by atoms with van der Waals surface area (Å²) in [6.45, 7) is 1.99. The van der Waals surface area contributed by atoms with Gasteiger partial charge in [0.05, 0.1) is 18.8 Å². The van der Waals surface area contributed by atoms with Crippen LogP contribution >= 0.6 is 0 Å². The fourth-order valence-corrected chi connectivity index (χ4v) is 4.35. The van der Waals surface area contributed by atoms with Gasteiger partial charge in [-0.3, -0.25) is 9.78 Å². The highest BCUT2D eigenvalue weighted by atomic mass is 19.1. The molecule has 156 valence electrons. The summed E-state index contributed by atoms with van der Waals surface area (Å²) in [6, 6.07) is 2.53. The summed E-state index contributed by atoms with van der Waals surface area (Å²) in [5.74, 6) is -0.278. The summed E-state index contributed by atoms with van der Waals surface area (Å²) in [6.07, 6.45) is 3.04. The molecule has 5 heterocycles. The number of hydrogen-bond donors (Lipinski definition) is 2. The highest BCUT2D eigenvalue weighted by Crippen LogP contribution is 2.38. The molecule has 3 N–H and O–H groups in total. The van der Waals surface area contributed by atoms with Crippen LogP contribution < -0.4 is 16.0 Å². The number of alkyl halides is 1. The largest absolute Gasteiger partial charge is 0.381 e.